The molecule has 5 unspecified atom stereocenters. The van der Waals surface area contributed by atoms with Gasteiger partial charge in [-0.1, -0.05) is 80.5 Å². The van der Waals surface area contributed by atoms with E-state index in [0.717, 1.165) is 70.2 Å². The number of phenols is 3. The van der Waals surface area contributed by atoms with Gasteiger partial charge in [0.1, 0.15) is 40.7 Å². The van der Waals surface area contributed by atoms with Crippen molar-refractivity contribution in [3.8, 4) is 34.5 Å². The van der Waals surface area contributed by atoms with Crippen molar-refractivity contribution in [1.29, 1.82) is 0 Å². The van der Waals surface area contributed by atoms with E-state index in [2.05, 4.69) is 83.1 Å². The number of carbonyl (C=O) groups excluding carboxylic acids is 3. The number of hydrogen-bond donors (Lipinski definition) is 5. The van der Waals surface area contributed by atoms with Gasteiger partial charge in [-0.3, -0.25) is 14.4 Å². The van der Waals surface area contributed by atoms with Crippen molar-refractivity contribution in [2.75, 3.05) is 25.1 Å². The quantitative estimate of drug-likeness (QED) is 0.0826. The summed E-state index contributed by atoms with van der Waals surface area (Å²) in [6.45, 7) is 4.54. The van der Waals surface area contributed by atoms with Crippen LogP contribution in [-0.2, 0) is 32.0 Å². The van der Waals surface area contributed by atoms with Crippen molar-refractivity contribution >= 4 is 34.0 Å². The number of fused-ring (bicyclic) bond motifs is 3. The first-order valence-corrected chi connectivity index (χ1v) is 26.8. The van der Waals surface area contributed by atoms with E-state index in [1.807, 2.05) is 41.2 Å². The van der Waals surface area contributed by atoms with Gasteiger partial charge < -0.3 is 49.3 Å². The summed E-state index contributed by atoms with van der Waals surface area (Å²) in [5.74, 6) is 0.984. The van der Waals surface area contributed by atoms with Crippen LogP contribution in [-0.4, -0.2) is 68.7 Å². The molecule has 5 N–H and O–H groups in total. The van der Waals surface area contributed by atoms with Gasteiger partial charge >= 0.3 is 5.97 Å². The van der Waals surface area contributed by atoms with Crippen LogP contribution in [0.2, 0.25) is 0 Å². The van der Waals surface area contributed by atoms with Crippen molar-refractivity contribution in [2.24, 2.45) is 17.3 Å². The van der Waals surface area contributed by atoms with Gasteiger partial charge in [0.25, 0.3) is 0 Å². The third kappa shape index (κ3) is 11.3. The summed E-state index contributed by atoms with van der Waals surface area (Å²) >= 11 is 0. The normalized spacial score (nSPS) is 22.4. The number of aromatic amines is 1. The van der Waals surface area contributed by atoms with Crippen molar-refractivity contribution < 1.29 is 43.9 Å². The summed E-state index contributed by atoms with van der Waals surface area (Å²) in [7, 11) is 1.48. The number of benzene rings is 4. The topological polar surface area (TPSA) is 176 Å². The Morgan fingerprint density at radius 3 is 2.42 bits per heavy atom. The van der Waals surface area contributed by atoms with Crippen molar-refractivity contribution in [1.82, 2.24) is 14.9 Å². The number of hydrogen-bond acceptors (Lipinski definition) is 11. The molecule has 4 heterocycles. The van der Waals surface area contributed by atoms with E-state index in [4.69, 9.17) is 14.2 Å². The zero-order chi connectivity index (χ0) is 52.9. The molecular weight excluding hydrogens is 957 g/mol. The van der Waals surface area contributed by atoms with Gasteiger partial charge in [0.15, 0.2) is 11.5 Å². The van der Waals surface area contributed by atoms with Crippen LogP contribution in [0.1, 0.15) is 106 Å². The second kappa shape index (κ2) is 22.5. The largest absolute Gasteiger partial charge is 0.508 e. The number of esters is 1. The molecule has 0 amide bonds. The first kappa shape index (κ1) is 51.6. The lowest BCUT2D eigenvalue weighted by atomic mass is 9.66. The SMILES string of the molecule is COc1cc(C2CC(=O)CC(OC(C)=O)CCC3(C=CC=CC3C)Cc3c[nH]cc3CC(c3cccc(O)c3)C3=CCNC(=C3)N(CCC(=O)C3CCCC3)c3cccc4cn2cc34)cc(O)c1Oc1cccc(O)c1. The van der Waals surface area contributed by atoms with Crippen LogP contribution in [0.5, 0.6) is 34.5 Å². The molecule has 76 heavy (non-hydrogen) atoms. The molecule has 10 rings (SSSR count). The standard InChI is InChI=1S/C63H68N4O9/c1-40-11-6-7-23-63(40)24-20-53(75-41(2)68)33-51(71)34-57(46-29-59(73)62(60(30-46)74-3)76-52-18-10-17-50(70)32-52)66-38-45-15-9-19-56(55(45)39-66)67(26-22-58(72)42-12-4-5-13-42)61-31-44(21-25-65-61)54(43-14-8-16-49(69)27-43)28-47-36-64-37-48(47)35-63/h6-11,14-19,21,23,27,29-32,36-40,42,53-54,57,64-65,69-70,73H,4-5,12-13,20,22,24-26,28,33-35H2,1-3H3. The van der Waals surface area contributed by atoms with Crippen LogP contribution in [0, 0.1) is 17.3 Å². The van der Waals surface area contributed by atoms with Gasteiger partial charge in [-0.05, 0) is 126 Å². The molecule has 2 aliphatic heterocycles. The lowest BCUT2D eigenvalue weighted by Crippen LogP contribution is -2.36. The number of dihydropyridines is 1. The second-order valence-electron chi connectivity index (χ2n) is 21.2. The number of allylic oxidation sites excluding steroid dienone is 6. The summed E-state index contributed by atoms with van der Waals surface area (Å²) in [6.07, 6.45) is 27.2. The maximum atomic E-state index is 14.9. The zero-order valence-corrected chi connectivity index (χ0v) is 43.5. The highest BCUT2D eigenvalue weighted by Gasteiger charge is 2.37. The number of ether oxygens (including phenoxy) is 3. The van der Waals surface area contributed by atoms with Gasteiger partial charge in [-0.15, -0.1) is 0 Å². The lowest BCUT2D eigenvalue weighted by molar-refractivity contribution is -0.148. The summed E-state index contributed by atoms with van der Waals surface area (Å²) in [5, 5.41) is 38.4. The molecule has 4 aliphatic rings. The van der Waals surface area contributed by atoms with E-state index in [-0.39, 0.29) is 82.1 Å². The Morgan fingerprint density at radius 1 is 0.855 bits per heavy atom. The molecule has 4 bridgehead atoms. The van der Waals surface area contributed by atoms with Gasteiger partial charge in [-0.2, -0.15) is 0 Å². The minimum absolute atomic E-state index is 0.00790. The van der Waals surface area contributed by atoms with E-state index in [1.165, 1.54) is 26.2 Å². The maximum Gasteiger partial charge on any atom is 0.302 e. The van der Waals surface area contributed by atoms with Crippen LogP contribution in [0.3, 0.4) is 0 Å². The molecule has 5 atom stereocenters. The predicted molar refractivity (Wildman–Crippen MR) is 294 cm³/mol. The van der Waals surface area contributed by atoms with Crippen LogP contribution in [0.4, 0.5) is 5.69 Å². The highest BCUT2D eigenvalue weighted by molar-refractivity contribution is 5.95. The van der Waals surface area contributed by atoms with Crippen LogP contribution in [0.15, 0.2) is 152 Å². The van der Waals surface area contributed by atoms with Gasteiger partial charge in [-0.25, -0.2) is 0 Å². The Balaban J connectivity index is 1.13. The molecule has 394 valence electrons. The summed E-state index contributed by atoms with van der Waals surface area (Å²) in [6, 6.07) is 22.5. The van der Waals surface area contributed by atoms with Crippen molar-refractivity contribution in [2.45, 2.75) is 103 Å². The number of phenolic OH excluding ortho intramolecular Hbond substituents is 3. The van der Waals surface area contributed by atoms with E-state index in [1.54, 1.807) is 30.3 Å². The van der Waals surface area contributed by atoms with Crippen LogP contribution < -0.4 is 19.7 Å². The number of ketones is 2. The van der Waals surface area contributed by atoms with Gasteiger partial charge in [0.05, 0.1) is 18.8 Å². The number of carbonyl (C=O) groups is 3. The average Bonchev–Trinajstić information content (AvgIpc) is 4.21. The molecule has 0 radical (unpaired) electrons. The molecule has 1 fully saturated rings. The maximum absolute atomic E-state index is 14.9. The number of H-pyrrole nitrogens is 1. The molecular formula is C63H68N4O9. The van der Waals surface area contributed by atoms with Crippen molar-refractivity contribution in [3.63, 3.8) is 0 Å². The monoisotopic (exact) mass is 1020 g/mol. The molecule has 13 heteroatoms. The van der Waals surface area contributed by atoms with Gasteiger partial charge in [0, 0.05) is 92.7 Å². The highest BCUT2D eigenvalue weighted by Crippen LogP contribution is 2.46. The number of aromatic nitrogens is 2. The molecule has 13 nitrogen and oxygen atoms in total. The lowest BCUT2D eigenvalue weighted by Gasteiger charge is -2.38. The Labute approximate surface area is 444 Å². The third-order valence-electron chi connectivity index (χ3n) is 16.2. The molecule has 2 aromatic heterocycles. The summed E-state index contributed by atoms with van der Waals surface area (Å²) in [5.41, 5.74) is 5.40. The Hall–Kier alpha value is -7.93. The number of nitrogens with zero attached hydrogens (tertiary/aromatic N) is 2. The van der Waals surface area contributed by atoms with Gasteiger partial charge in [0.2, 0.25) is 5.75 Å². The van der Waals surface area contributed by atoms with E-state index in [9.17, 15) is 29.7 Å². The van der Waals surface area contributed by atoms with Crippen molar-refractivity contribution in [3.05, 3.63) is 174 Å². The molecule has 2 aliphatic carbocycles. The number of rotatable bonds is 10. The van der Waals surface area contributed by atoms with Crippen LogP contribution >= 0.6 is 0 Å². The summed E-state index contributed by atoms with van der Waals surface area (Å²) in [4.78, 5) is 47.4. The first-order chi connectivity index (χ1) is 36.8. The smallest absolute Gasteiger partial charge is 0.302 e. The highest BCUT2D eigenvalue weighted by atomic mass is 16.5. The van der Waals surface area contributed by atoms with E-state index in [0.29, 0.717) is 50.8 Å². The predicted octanol–water partition coefficient (Wildman–Crippen LogP) is 12.2. The Morgan fingerprint density at radius 2 is 1.64 bits per heavy atom. The number of aromatic hydroxyl groups is 3. The fraction of sp³-hybridized carbons (Fsp3) is 0.349. The molecule has 4 aromatic carbocycles. The Bertz CT molecular complexity index is 3250. The third-order valence-corrected chi connectivity index (χ3v) is 16.2. The first-order valence-electron chi connectivity index (χ1n) is 26.8. The number of Topliss-reactive ketones (excluding diaryl/α,β-unsaturated/α-hetero) is 2. The van der Waals surface area contributed by atoms with E-state index < -0.39 is 18.1 Å². The molecule has 1 spiro atoms. The fourth-order valence-electron chi connectivity index (χ4n) is 12.1. The number of nitrogens with one attached hydrogen (secondary N) is 2. The average molecular weight is 1030 g/mol. The van der Waals surface area contributed by atoms with E-state index >= 15 is 0 Å². The molecule has 0 saturated heterocycles. The number of methoxy groups -OCH3 is 1. The number of anilines is 1. The zero-order valence-electron chi connectivity index (χ0n) is 43.5. The summed E-state index contributed by atoms with van der Waals surface area (Å²) < 4.78 is 20.0. The molecule has 6 aromatic rings. The second-order valence-corrected chi connectivity index (χ2v) is 21.2. The fourth-order valence-corrected chi connectivity index (χ4v) is 12.1. The van der Waals surface area contributed by atoms with Crippen LogP contribution in [0.25, 0.3) is 10.8 Å². The minimum atomic E-state index is -0.716. The minimum Gasteiger partial charge on any atom is -0.508 e. The molecule has 1 saturated carbocycles. The Kier molecular flexibility index (Phi) is 15.3.